The van der Waals surface area contributed by atoms with E-state index in [9.17, 15) is 4.79 Å². The summed E-state index contributed by atoms with van der Waals surface area (Å²) in [5.74, 6) is 1.79. The van der Waals surface area contributed by atoms with Crippen molar-refractivity contribution in [2.75, 3.05) is 0 Å². The highest BCUT2D eigenvalue weighted by molar-refractivity contribution is 5.76. The van der Waals surface area contributed by atoms with Crippen LogP contribution in [-0.2, 0) is 9.53 Å². The van der Waals surface area contributed by atoms with Gasteiger partial charge in [0.15, 0.2) is 0 Å². The van der Waals surface area contributed by atoms with Crippen LogP contribution >= 0.6 is 0 Å². The molecule has 0 amide bonds. The molecule has 0 spiro atoms. The Morgan fingerprint density at radius 1 is 0.950 bits per heavy atom. The van der Waals surface area contributed by atoms with Crippen molar-refractivity contribution in [2.45, 2.75) is 73.8 Å². The largest absolute Gasteiger partial charge is 0.459 e. The molecule has 116 valence electrons. The minimum atomic E-state index is -0.284. The van der Waals surface area contributed by atoms with Crippen LogP contribution in [0, 0.1) is 34.5 Å². The Hall–Kier alpha value is -0.530. The highest BCUT2D eigenvalue weighted by Crippen LogP contribution is 2.57. The van der Waals surface area contributed by atoms with Crippen molar-refractivity contribution in [3.63, 3.8) is 0 Å². The van der Waals surface area contributed by atoms with Crippen LogP contribution in [-0.4, -0.2) is 11.6 Å². The molecule has 20 heavy (non-hydrogen) atoms. The predicted octanol–water partition coefficient (Wildman–Crippen LogP) is 4.67. The summed E-state index contributed by atoms with van der Waals surface area (Å²) in [6, 6.07) is 0. The number of carbonyl (C=O) groups is 1. The van der Waals surface area contributed by atoms with Gasteiger partial charge in [0.05, 0.1) is 5.92 Å². The molecule has 1 saturated heterocycles. The number of cyclic esters (lactones) is 1. The van der Waals surface area contributed by atoms with Gasteiger partial charge in [0.2, 0.25) is 0 Å². The van der Waals surface area contributed by atoms with E-state index in [0.29, 0.717) is 17.8 Å². The van der Waals surface area contributed by atoms with Gasteiger partial charge in [0.25, 0.3) is 0 Å². The van der Waals surface area contributed by atoms with Crippen LogP contribution in [0.3, 0.4) is 0 Å². The SMILES string of the molecule is CC(C)(C)C1CC2C(=O)OC(C)(C)C2CC1C(C)(C)C. The molecule has 0 N–H and O–H groups in total. The minimum absolute atomic E-state index is 0.0432. The summed E-state index contributed by atoms with van der Waals surface area (Å²) in [6.45, 7) is 18.2. The number of hydrogen-bond donors (Lipinski definition) is 0. The van der Waals surface area contributed by atoms with E-state index in [1.807, 2.05) is 0 Å². The Morgan fingerprint density at radius 2 is 1.40 bits per heavy atom. The molecule has 4 atom stereocenters. The first kappa shape index (κ1) is 15.9. The Labute approximate surface area is 124 Å². The molecule has 0 aromatic rings. The van der Waals surface area contributed by atoms with Crippen LogP contribution in [0.2, 0.25) is 0 Å². The van der Waals surface area contributed by atoms with Crippen molar-refractivity contribution in [3.8, 4) is 0 Å². The molecule has 2 heteroatoms. The number of fused-ring (bicyclic) bond motifs is 1. The van der Waals surface area contributed by atoms with Gasteiger partial charge in [0.1, 0.15) is 5.60 Å². The van der Waals surface area contributed by atoms with Gasteiger partial charge in [-0.3, -0.25) is 4.79 Å². The van der Waals surface area contributed by atoms with Gasteiger partial charge in [0, 0.05) is 5.92 Å². The number of hydrogen-bond acceptors (Lipinski definition) is 2. The molecule has 1 saturated carbocycles. The monoisotopic (exact) mass is 280 g/mol. The van der Waals surface area contributed by atoms with Gasteiger partial charge in [-0.05, 0) is 49.4 Å². The number of rotatable bonds is 0. The third kappa shape index (κ3) is 2.63. The van der Waals surface area contributed by atoms with E-state index in [0.717, 1.165) is 12.8 Å². The van der Waals surface area contributed by atoms with E-state index >= 15 is 0 Å². The highest BCUT2D eigenvalue weighted by atomic mass is 16.6. The third-order valence-corrected chi connectivity index (χ3v) is 5.77. The number of esters is 1. The van der Waals surface area contributed by atoms with Gasteiger partial charge in [-0.25, -0.2) is 0 Å². The maximum Gasteiger partial charge on any atom is 0.309 e. The smallest absolute Gasteiger partial charge is 0.309 e. The maximum absolute atomic E-state index is 12.2. The highest BCUT2D eigenvalue weighted by Gasteiger charge is 2.57. The lowest BCUT2D eigenvalue weighted by Gasteiger charge is -2.50. The molecule has 0 radical (unpaired) electrons. The molecule has 4 unspecified atom stereocenters. The zero-order valence-corrected chi connectivity index (χ0v) is 14.5. The Balaban J connectivity index is 2.36. The van der Waals surface area contributed by atoms with Crippen molar-refractivity contribution < 1.29 is 9.53 Å². The van der Waals surface area contributed by atoms with E-state index in [1.165, 1.54) is 0 Å². The van der Waals surface area contributed by atoms with Crippen molar-refractivity contribution in [3.05, 3.63) is 0 Å². The lowest BCUT2D eigenvalue weighted by Crippen LogP contribution is -2.46. The summed E-state index contributed by atoms with van der Waals surface area (Å²) < 4.78 is 5.68. The zero-order valence-electron chi connectivity index (χ0n) is 14.5. The van der Waals surface area contributed by atoms with Crippen LogP contribution < -0.4 is 0 Å². The minimum Gasteiger partial charge on any atom is -0.459 e. The standard InChI is InChI=1S/C18H32O2/c1-16(2,3)13-9-11-12(10-14(13)17(4,5)6)18(7,8)20-15(11)19/h11-14H,9-10H2,1-8H3. The molecule has 2 nitrogen and oxygen atoms in total. The van der Waals surface area contributed by atoms with E-state index in [-0.39, 0.29) is 28.3 Å². The molecule has 2 fully saturated rings. The van der Waals surface area contributed by atoms with Gasteiger partial charge < -0.3 is 4.74 Å². The average molecular weight is 280 g/mol. The molecular weight excluding hydrogens is 248 g/mol. The Kier molecular flexibility index (Phi) is 3.55. The molecule has 0 aromatic carbocycles. The Bertz CT molecular complexity index is 395. The second-order valence-electron chi connectivity index (χ2n) is 9.65. The molecule has 2 rings (SSSR count). The summed E-state index contributed by atoms with van der Waals surface area (Å²) in [5, 5.41) is 0. The molecule has 0 aromatic heterocycles. The summed E-state index contributed by atoms with van der Waals surface area (Å²) in [5.41, 5.74) is 0.245. The lowest BCUT2D eigenvalue weighted by molar-refractivity contribution is -0.149. The maximum atomic E-state index is 12.2. The first-order valence-electron chi connectivity index (χ1n) is 8.07. The van der Waals surface area contributed by atoms with Crippen molar-refractivity contribution in [1.29, 1.82) is 0 Å². The second-order valence-corrected chi connectivity index (χ2v) is 9.65. The van der Waals surface area contributed by atoms with Crippen LogP contribution in [0.5, 0.6) is 0 Å². The van der Waals surface area contributed by atoms with Gasteiger partial charge in [-0.2, -0.15) is 0 Å². The van der Waals surface area contributed by atoms with Crippen molar-refractivity contribution >= 4 is 5.97 Å². The van der Waals surface area contributed by atoms with Crippen LogP contribution in [0.25, 0.3) is 0 Å². The van der Waals surface area contributed by atoms with Crippen molar-refractivity contribution in [2.24, 2.45) is 34.5 Å². The topological polar surface area (TPSA) is 26.3 Å². The lowest BCUT2D eigenvalue weighted by atomic mass is 9.53. The zero-order chi connectivity index (χ0) is 15.5. The van der Waals surface area contributed by atoms with E-state index < -0.39 is 0 Å². The van der Waals surface area contributed by atoms with Crippen LogP contribution in [0.15, 0.2) is 0 Å². The normalized spacial score (nSPS) is 37.5. The van der Waals surface area contributed by atoms with E-state index in [1.54, 1.807) is 0 Å². The molecular formula is C18H32O2. The molecule has 1 aliphatic heterocycles. The van der Waals surface area contributed by atoms with E-state index in [4.69, 9.17) is 4.74 Å². The summed E-state index contributed by atoms with van der Waals surface area (Å²) >= 11 is 0. The van der Waals surface area contributed by atoms with Gasteiger partial charge >= 0.3 is 5.97 Å². The number of ether oxygens (including phenoxy) is 1. The molecule has 1 aliphatic carbocycles. The van der Waals surface area contributed by atoms with Crippen molar-refractivity contribution in [1.82, 2.24) is 0 Å². The summed E-state index contributed by atoms with van der Waals surface area (Å²) in [4.78, 5) is 12.2. The summed E-state index contributed by atoms with van der Waals surface area (Å²) in [7, 11) is 0. The first-order chi connectivity index (χ1) is 8.84. The Morgan fingerprint density at radius 3 is 1.85 bits per heavy atom. The third-order valence-electron chi connectivity index (χ3n) is 5.77. The fourth-order valence-electron chi connectivity index (χ4n) is 4.56. The predicted molar refractivity (Wildman–Crippen MR) is 82.3 cm³/mol. The quantitative estimate of drug-likeness (QED) is 0.603. The first-order valence-corrected chi connectivity index (χ1v) is 8.07. The number of carbonyl (C=O) groups excluding carboxylic acids is 1. The second kappa shape index (κ2) is 4.48. The van der Waals surface area contributed by atoms with E-state index in [2.05, 4.69) is 55.4 Å². The van der Waals surface area contributed by atoms with Gasteiger partial charge in [-0.1, -0.05) is 41.5 Å². The molecule has 1 heterocycles. The molecule has 0 bridgehead atoms. The summed E-state index contributed by atoms with van der Waals surface area (Å²) in [6.07, 6.45) is 2.12. The fourth-order valence-corrected chi connectivity index (χ4v) is 4.56. The molecule has 2 aliphatic rings. The van der Waals surface area contributed by atoms with Crippen LogP contribution in [0.1, 0.15) is 68.2 Å². The fraction of sp³-hybridized carbons (Fsp3) is 0.944. The van der Waals surface area contributed by atoms with Crippen LogP contribution in [0.4, 0.5) is 0 Å². The average Bonchev–Trinajstić information content (AvgIpc) is 2.45. The van der Waals surface area contributed by atoms with Gasteiger partial charge in [-0.15, -0.1) is 0 Å².